The van der Waals surface area contributed by atoms with Gasteiger partial charge in [0.05, 0.1) is 13.2 Å². The second kappa shape index (κ2) is 7.05. The maximum atomic E-state index is 5.16. The van der Waals surface area contributed by atoms with Crippen molar-refractivity contribution in [2.45, 2.75) is 52.0 Å². The van der Waals surface area contributed by atoms with Crippen LogP contribution in [0.2, 0.25) is 0 Å². The molecular weight excluding hydrogens is 236 g/mol. The topological polar surface area (TPSA) is 15.7 Å². The van der Waals surface area contributed by atoms with Crippen LogP contribution in [-0.4, -0.2) is 61.3 Å². The molecule has 0 saturated carbocycles. The van der Waals surface area contributed by atoms with Gasteiger partial charge in [0.1, 0.15) is 0 Å². The molecular formula is C16H32N2O. The number of hydrogen-bond acceptors (Lipinski definition) is 3. The Balaban J connectivity index is 0.000000148. The standard InChI is InChI=1S/C10H19N.C6H13NO/c1-9(2)10-5-3-7-11(10)8-4-6-10;1-2-7-3-5-8-6-4-7/h9H,3-8H2,1-2H3;2-6H2,1H3. The lowest BCUT2D eigenvalue weighted by molar-refractivity contribution is 0.0405. The molecule has 3 aliphatic heterocycles. The van der Waals surface area contributed by atoms with Crippen LogP contribution in [0.4, 0.5) is 0 Å². The van der Waals surface area contributed by atoms with Crippen molar-refractivity contribution < 1.29 is 4.74 Å². The van der Waals surface area contributed by atoms with Crippen molar-refractivity contribution in [1.82, 2.24) is 9.80 Å². The minimum atomic E-state index is 0.639. The van der Waals surface area contributed by atoms with E-state index in [0.29, 0.717) is 5.54 Å². The summed E-state index contributed by atoms with van der Waals surface area (Å²) in [6, 6.07) is 0. The normalized spacial score (nSPS) is 27.2. The Kier molecular flexibility index (Phi) is 5.67. The fraction of sp³-hybridized carbons (Fsp3) is 1.00. The first-order valence-electron chi connectivity index (χ1n) is 8.24. The van der Waals surface area contributed by atoms with Crippen molar-refractivity contribution in [2.24, 2.45) is 5.92 Å². The minimum Gasteiger partial charge on any atom is -0.379 e. The number of nitrogens with zero attached hydrogens (tertiary/aromatic N) is 2. The van der Waals surface area contributed by atoms with Crippen molar-refractivity contribution in [1.29, 1.82) is 0 Å². The van der Waals surface area contributed by atoms with E-state index in [-0.39, 0.29) is 0 Å². The highest BCUT2D eigenvalue weighted by Gasteiger charge is 2.45. The van der Waals surface area contributed by atoms with Crippen LogP contribution in [0.3, 0.4) is 0 Å². The molecule has 0 spiro atoms. The molecule has 19 heavy (non-hydrogen) atoms. The summed E-state index contributed by atoms with van der Waals surface area (Å²) in [6.07, 6.45) is 5.81. The first-order valence-corrected chi connectivity index (χ1v) is 8.24. The molecule has 0 atom stereocenters. The quantitative estimate of drug-likeness (QED) is 0.765. The number of likely N-dealkylation sites (N-methyl/N-ethyl adjacent to an activating group) is 1. The molecule has 0 bridgehead atoms. The van der Waals surface area contributed by atoms with Gasteiger partial charge in [0.2, 0.25) is 0 Å². The number of ether oxygens (including phenoxy) is 1. The van der Waals surface area contributed by atoms with Crippen LogP contribution in [-0.2, 0) is 4.74 Å². The van der Waals surface area contributed by atoms with Gasteiger partial charge in [-0.1, -0.05) is 20.8 Å². The fourth-order valence-corrected chi connectivity index (χ4v) is 4.01. The summed E-state index contributed by atoms with van der Waals surface area (Å²) in [5.41, 5.74) is 0.639. The number of hydrogen-bond donors (Lipinski definition) is 0. The molecule has 0 aliphatic carbocycles. The predicted octanol–water partition coefficient (Wildman–Crippen LogP) is 2.61. The molecule has 0 radical (unpaired) electrons. The van der Waals surface area contributed by atoms with Crippen LogP contribution in [0, 0.1) is 5.92 Å². The summed E-state index contributed by atoms with van der Waals surface area (Å²) in [5.74, 6) is 0.868. The third-order valence-electron chi connectivity index (χ3n) is 5.33. The molecule has 3 aliphatic rings. The van der Waals surface area contributed by atoms with E-state index >= 15 is 0 Å². The molecule has 0 aromatic heterocycles. The summed E-state index contributed by atoms with van der Waals surface area (Å²) in [6.45, 7) is 15.0. The van der Waals surface area contributed by atoms with Gasteiger partial charge in [-0.15, -0.1) is 0 Å². The molecule has 0 N–H and O–H groups in total. The summed E-state index contributed by atoms with van der Waals surface area (Å²) in [5, 5.41) is 0. The molecule has 3 nitrogen and oxygen atoms in total. The minimum absolute atomic E-state index is 0.639. The summed E-state index contributed by atoms with van der Waals surface area (Å²) in [7, 11) is 0. The zero-order valence-corrected chi connectivity index (χ0v) is 13.2. The predicted molar refractivity (Wildman–Crippen MR) is 80.5 cm³/mol. The van der Waals surface area contributed by atoms with Gasteiger partial charge in [-0.2, -0.15) is 0 Å². The molecule has 3 saturated heterocycles. The summed E-state index contributed by atoms with van der Waals surface area (Å²) < 4.78 is 5.16. The first kappa shape index (κ1) is 15.3. The fourth-order valence-electron chi connectivity index (χ4n) is 4.01. The largest absolute Gasteiger partial charge is 0.379 e. The third kappa shape index (κ3) is 3.50. The molecule has 0 amide bonds. The molecule has 3 rings (SSSR count). The maximum absolute atomic E-state index is 5.16. The zero-order chi connectivity index (χ0) is 13.7. The highest BCUT2D eigenvalue weighted by Crippen LogP contribution is 2.43. The Morgan fingerprint density at radius 2 is 1.58 bits per heavy atom. The third-order valence-corrected chi connectivity index (χ3v) is 5.33. The summed E-state index contributed by atoms with van der Waals surface area (Å²) >= 11 is 0. The molecule has 0 unspecified atom stereocenters. The van der Waals surface area contributed by atoms with Crippen molar-refractivity contribution >= 4 is 0 Å². The lowest BCUT2D eigenvalue weighted by atomic mass is 9.83. The van der Waals surface area contributed by atoms with Gasteiger partial charge in [-0.3, -0.25) is 9.80 Å². The highest BCUT2D eigenvalue weighted by molar-refractivity contribution is 5.01. The van der Waals surface area contributed by atoms with Gasteiger partial charge in [0.25, 0.3) is 0 Å². The Labute approximate surface area is 119 Å². The first-order chi connectivity index (χ1) is 9.19. The Morgan fingerprint density at radius 1 is 1.00 bits per heavy atom. The van der Waals surface area contributed by atoms with Gasteiger partial charge in [-0.25, -0.2) is 0 Å². The van der Waals surface area contributed by atoms with Crippen molar-refractivity contribution in [3.63, 3.8) is 0 Å². The van der Waals surface area contributed by atoms with Crippen LogP contribution < -0.4 is 0 Å². The number of morpholine rings is 1. The smallest absolute Gasteiger partial charge is 0.0594 e. The van der Waals surface area contributed by atoms with Gasteiger partial charge in [0.15, 0.2) is 0 Å². The Hall–Kier alpha value is -0.120. The second-order valence-corrected chi connectivity index (χ2v) is 6.50. The van der Waals surface area contributed by atoms with E-state index in [0.717, 1.165) is 32.2 Å². The van der Waals surface area contributed by atoms with E-state index in [2.05, 4.69) is 30.6 Å². The molecule has 0 aromatic rings. The average molecular weight is 268 g/mol. The second-order valence-electron chi connectivity index (χ2n) is 6.50. The molecule has 0 aromatic carbocycles. The van der Waals surface area contributed by atoms with E-state index in [4.69, 9.17) is 4.74 Å². The number of rotatable bonds is 2. The van der Waals surface area contributed by atoms with E-state index in [1.54, 1.807) is 0 Å². The van der Waals surface area contributed by atoms with Crippen molar-refractivity contribution in [2.75, 3.05) is 45.9 Å². The Bertz CT molecular complexity index is 251. The SMILES string of the molecule is CC(C)C12CCCN1CCC2.CCN1CCOCC1. The van der Waals surface area contributed by atoms with Crippen LogP contribution in [0.5, 0.6) is 0 Å². The van der Waals surface area contributed by atoms with Crippen LogP contribution in [0.1, 0.15) is 46.5 Å². The Morgan fingerprint density at radius 3 is 1.95 bits per heavy atom. The lowest BCUT2D eigenvalue weighted by Gasteiger charge is -2.36. The lowest BCUT2D eigenvalue weighted by Crippen LogP contribution is -2.42. The van der Waals surface area contributed by atoms with Gasteiger partial charge < -0.3 is 4.74 Å². The highest BCUT2D eigenvalue weighted by atomic mass is 16.5. The average Bonchev–Trinajstić information content (AvgIpc) is 3.00. The van der Waals surface area contributed by atoms with Gasteiger partial charge >= 0.3 is 0 Å². The monoisotopic (exact) mass is 268 g/mol. The van der Waals surface area contributed by atoms with Crippen molar-refractivity contribution in [3.8, 4) is 0 Å². The van der Waals surface area contributed by atoms with E-state index < -0.39 is 0 Å². The van der Waals surface area contributed by atoms with E-state index in [9.17, 15) is 0 Å². The van der Waals surface area contributed by atoms with Crippen molar-refractivity contribution in [3.05, 3.63) is 0 Å². The molecule has 3 heterocycles. The van der Waals surface area contributed by atoms with Crippen LogP contribution in [0.15, 0.2) is 0 Å². The van der Waals surface area contributed by atoms with Crippen LogP contribution >= 0.6 is 0 Å². The molecule has 3 fully saturated rings. The van der Waals surface area contributed by atoms with E-state index in [1.807, 2.05) is 0 Å². The van der Waals surface area contributed by atoms with Gasteiger partial charge in [-0.05, 0) is 51.2 Å². The molecule has 3 heteroatoms. The van der Waals surface area contributed by atoms with E-state index in [1.165, 1.54) is 45.3 Å². The zero-order valence-electron chi connectivity index (χ0n) is 13.2. The van der Waals surface area contributed by atoms with Crippen LogP contribution in [0.25, 0.3) is 0 Å². The number of fused-ring (bicyclic) bond motifs is 1. The maximum Gasteiger partial charge on any atom is 0.0594 e. The molecule has 112 valence electrons. The van der Waals surface area contributed by atoms with Gasteiger partial charge in [0, 0.05) is 18.6 Å². The summed E-state index contributed by atoms with van der Waals surface area (Å²) in [4.78, 5) is 5.13.